The number of hydrogen-bond acceptors (Lipinski definition) is 4. The first-order valence-electron chi connectivity index (χ1n) is 7.02. The summed E-state index contributed by atoms with van der Waals surface area (Å²) in [5.41, 5.74) is 2.19. The van der Waals surface area contributed by atoms with Crippen molar-refractivity contribution >= 4 is 21.6 Å². The Morgan fingerprint density at radius 3 is 2.76 bits per heavy atom. The van der Waals surface area contributed by atoms with Crippen LogP contribution in [0.4, 0.5) is 5.69 Å². The molecule has 0 radical (unpaired) electrons. The Kier molecular flexibility index (Phi) is 5.50. The summed E-state index contributed by atoms with van der Waals surface area (Å²) in [4.78, 5) is 13.2. The van der Waals surface area contributed by atoms with Crippen LogP contribution in [-0.2, 0) is 0 Å². The molecule has 1 saturated heterocycles. The fourth-order valence-corrected chi connectivity index (χ4v) is 3.05. The predicted octanol–water partition coefficient (Wildman–Crippen LogP) is 3.27. The second kappa shape index (κ2) is 7.15. The number of rotatable bonds is 5. The standard InChI is InChI=1S/C15H20BrN3O2/c1-11(2)9-14(18-7-5-17-6-8-18)12-3-4-13(16)15(10-12)19(20)21/h3-4,10,14,17H,1,5-9H2,2H3/t14-/m0/s1. The molecular weight excluding hydrogens is 334 g/mol. The SMILES string of the molecule is C=C(C)C[C@@H](c1ccc(Br)c([N+](=O)[O-])c1)N1CCNCC1. The summed E-state index contributed by atoms with van der Waals surface area (Å²) in [5, 5.41) is 14.5. The predicted molar refractivity (Wildman–Crippen MR) is 87.4 cm³/mol. The molecule has 1 aliphatic rings. The van der Waals surface area contributed by atoms with Crippen molar-refractivity contribution < 1.29 is 4.92 Å². The van der Waals surface area contributed by atoms with Gasteiger partial charge in [0, 0.05) is 38.3 Å². The molecule has 21 heavy (non-hydrogen) atoms. The molecule has 1 atom stereocenters. The molecule has 5 nitrogen and oxygen atoms in total. The van der Waals surface area contributed by atoms with Crippen molar-refractivity contribution in [2.24, 2.45) is 0 Å². The summed E-state index contributed by atoms with van der Waals surface area (Å²) in [6.07, 6.45) is 0.818. The van der Waals surface area contributed by atoms with Crippen molar-refractivity contribution in [1.82, 2.24) is 10.2 Å². The van der Waals surface area contributed by atoms with Crippen LogP contribution < -0.4 is 5.32 Å². The molecule has 0 saturated carbocycles. The van der Waals surface area contributed by atoms with Crippen molar-refractivity contribution in [1.29, 1.82) is 0 Å². The molecule has 0 spiro atoms. The van der Waals surface area contributed by atoms with E-state index in [4.69, 9.17) is 0 Å². The number of nitro benzene ring substituents is 1. The second-order valence-electron chi connectivity index (χ2n) is 5.43. The third-order valence-electron chi connectivity index (χ3n) is 3.69. The van der Waals surface area contributed by atoms with Crippen LogP contribution in [0.5, 0.6) is 0 Å². The average Bonchev–Trinajstić information content (AvgIpc) is 2.46. The largest absolute Gasteiger partial charge is 0.314 e. The molecule has 1 fully saturated rings. The van der Waals surface area contributed by atoms with Gasteiger partial charge in [0.2, 0.25) is 0 Å². The summed E-state index contributed by atoms with van der Waals surface area (Å²) in [6.45, 7) is 9.80. The van der Waals surface area contributed by atoms with E-state index in [0.717, 1.165) is 43.7 Å². The fraction of sp³-hybridized carbons (Fsp3) is 0.467. The van der Waals surface area contributed by atoms with E-state index >= 15 is 0 Å². The van der Waals surface area contributed by atoms with Gasteiger partial charge in [0.25, 0.3) is 5.69 Å². The smallest absolute Gasteiger partial charge is 0.283 e. The van der Waals surface area contributed by atoms with Crippen molar-refractivity contribution in [3.05, 3.63) is 50.5 Å². The van der Waals surface area contributed by atoms with Crippen LogP contribution in [-0.4, -0.2) is 36.0 Å². The highest BCUT2D eigenvalue weighted by Gasteiger charge is 2.24. The minimum atomic E-state index is -0.344. The molecule has 1 aromatic carbocycles. The van der Waals surface area contributed by atoms with Crippen molar-refractivity contribution in [2.45, 2.75) is 19.4 Å². The highest BCUT2D eigenvalue weighted by molar-refractivity contribution is 9.10. The topological polar surface area (TPSA) is 58.4 Å². The van der Waals surface area contributed by atoms with Gasteiger partial charge in [0.05, 0.1) is 9.40 Å². The van der Waals surface area contributed by atoms with E-state index in [0.29, 0.717) is 4.47 Å². The van der Waals surface area contributed by atoms with E-state index in [-0.39, 0.29) is 16.7 Å². The monoisotopic (exact) mass is 353 g/mol. The van der Waals surface area contributed by atoms with Gasteiger partial charge < -0.3 is 5.32 Å². The third-order valence-corrected chi connectivity index (χ3v) is 4.36. The quantitative estimate of drug-likeness (QED) is 0.501. The molecule has 6 heteroatoms. The van der Waals surface area contributed by atoms with Gasteiger partial charge in [-0.15, -0.1) is 6.58 Å². The molecule has 1 heterocycles. The fourth-order valence-electron chi connectivity index (χ4n) is 2.66. The van der Waals surface area contributed by atoms with Crippen LogP contribution in [0.2, 0.25) is 0 Å². The van der Waals surface area contributed by atoms with E-state index in [9.17, 15) is 10.1 Å². The maximum Gasteiger partial charge on any atom is 0.283 e. The van der Waals surface area contributed by atoms with Crippen LogP contribution in [0.3, 0.4) is 0 Å². The summed E-state index contributed by atoms with van der Waals surface area (Å²) in [5.74, 6) is 0. The number of nitro groups is 1. The first-order chi connectivity index (χ1) is 9.99. The van der Waals surface area contributed by atoms with Gasteiger partial charge in [-0.25, -0.2) is 0 Å². The van der Waals surface area contributed by atoms with Gasteiger partial charge in [-0.05, 0) is 40.9 Å². The van der Waals surface area contributed by atoms with Gasteiger partial charge in [0.1, 0.15) is 0 Å². The highest BCUT2D eigenvalue weighted by atomic mass is 79.9. The van der Waals surface area contributed by atoms with Crippen LogP contribution in [0.25, 0.3) is 0 Å². The van der Waals surface area contributed by atoms with Crippen LogP contribution in [0.1, 0.15) is 24.9 Å². The van der Waals surface area contributed by atoms with E-state index in [1.54, 1.807) is 12.1 Å². The summed E-state index contributed by atoms with van der Waals surface area (Å²) >= 11 is 3.24. The number of piperazine rings is 1. The van der Waals surface area contributed by atoms with E-state index in [1.165, 1.54) is 0 Å². The zero-order valence-corrected chi connectivity index (χ0v) is 13.7. The lowest BCUT2D eigenvalue weighted by atomic mass is 9.97. The van der Waals surface area contributed by atoms with Crippen LogP contribution in [0, 0.1) is 10.1 Å². The lowest BCUT2D eigenvalue weighted by molar-refractivity contribution is -0.385. The normalized spacial score (nSPS) is 17.4. The Balaban J connectivity index is 2.33. The van der Waals surface area contributed by atoms with Crippen LogP contribution >= 0.6 is 15.9 Å². The van der Waals surface area contributed by atoms with Gasteiger partial charge in [-0.3, -0.25) is 15.0 Å². The van der Waals surface area contributed by atoms with E-state index < -0.39 is 0 Å². The molecule has 1 aromatic rings. The molecule has 0 amide bonds. The number of benzene rings is 1. The Hall–Kier alpha value is -1.24. The lowest BCUT2D eigenvalue weighted by Gasteiger charge is -2.35. The Morgan fingerprint density at radius 2 is 2.19 bits per heavy atom. The second-order valence-corrected chi connectivity index (χ2v) is 6.29. The minimum absolute atomic E-state index is 0.120. The number of nitrogens with one attached hydrogen (secondary N) is 1. The molecule has 1 N–H and O–H groups in total. The Labute approximate surface area is 133 Å². The van der Waals surface area contributed by atoms with Crippen LogP contribution in [0.15, 0.2) is 34.8 Å². The molecular formula is C15H20BrN3O2. The average molecular weight is 354 g/mol. The van der Waals surface area contributed by atoms with Crippen molar-refractivity contribution in [2.75, 3.05) is 26.2 Å². The zero-order chi connectivity index (χ0) is 15.4. The van der Waals surface area contributed by atoms with Gasteiger partial charge >= 0.3 is 0 Å². The summed E-state index contributed by atoms with van der Waals surface area (Å²) < 4.78 is 0.519. The van der Waals surface area contributed by atoms with E-state index in [1.807, 2.05) is 13.0 Å². The molecule has 0 bridgehead atoms. The third kappa shape index (κ3) is 4.12. The highest BCUT2D eigenvalue weighted by Crippen LogP contribution is 2.33. The molecule has 0 unspecified atom stereocenters. The Morgan fingerprint density at radius 1 is 1.52 bits per heavy atom. The maximum absolute atomic E-state index is 11.1. The van der Waals surface area contributed by atoms with Gasteiger partial charge in [-0.2, -0.15) is 0 Å². The first-order valence-corrected chi connectivity index (χ1v) is 7.81. The summed E-state index contributed by atoms with van der Waals surface area (Å²) in [6, 6.07) is 5.56. The van der Waals surface area contributed by atoms with Gasteiger partial charge in [-0.1, -0.05) is 11.6 Å². The van der Waals surface area contributed by atoms with Crippen molar-refractivity contribution in [3.8, 4) is 0 Å². The van der Waals surface area contributed by atoms with Crippen molar-refractivity contribution in [3.63, 3.8) is 0 Å². The maximum atomic E-state index is 11.1. The minimum Gasteiger partial charge on any atom is -0.314 e. The first kappa shape index (κ1) is 16.1. The molecule has 114 valence electrons. The molecule has 0 aliphatic carbocycles. The number of hydrogen-bond donors (Lipinski definition) is 1. The zero-order valence-electron chi connectivity index (χ0n) is 12.1. The summed E-state index contributed by atoms with van der Waals surface area (Å²) in [7, 11) is 0. The Bertz CT molecular complexity index is 542. The lowest BCUT2D eigenvalue weighted by Crippen LogP contribution is -2.45. The van der Waals surface area contributed by atoms with E-state index in [2.05, 4.69) is 32.7 Å². The molecule has 2 rings (SSSR count). The molecule has 1 aliphatic heterocycles. The number of nitrogens with zero attached hydrogens (tertiary/aromatic N) is 2. The molecule has 0 aromatic heterocycles. The van der Waals surface area contributed by atoms with Gasteiger partial charge in [0.15, 0.2) is 0 Å². The number of halogens is 1.